The van der Waals surface area contributed by atoms with Crippen molar-refractivity contribution in [2.45, 2.75) is 26.3 Å². The van der Waals surface area contributed by atoms with Crippen LogP contribution in [0, 0.1) is 25.2 Å². The van der Waals surface area contributed by atoms with Crippen molar-refractivity contribution >= 4 is 11.6 Å². The van der Waals surface area contributed by atoms with Gasteiger partial charge in [0.1, 0.15) is 5.75 Å². The first-order valence-corrected chi connectivity index (χ1v) is 6.18. The first-order chi connectivity index (χ1) is 8.43. The minimum atomic E-state index is -0.0111. The van der Waals surface area contributed by atoms with E-state index in [9.17, 15) is 0 Å². The van der Waals surface area contributed by atoms with E-state index in [-0.39, 0.29) is 6.04 Å². The van der Waals surface area contributed by atoms with Crippen LogP contribution in [0.3, 0.4) is 0 Å². The molecule has 0 radical (unpaired) electrons. The minimum absolute atomic E-state index is 0.0111. The lowest BCUT2D eigenvalue weighted by Crippen LogP contribution is -2.21. The first kappa shape index (κ1) is 14.8. The first-order valence-electron chi connectivity index (χ1n) is 5.81. The van der Waals surface area contributed by atoms with E-state index in [1.807, 2.05) is 38.9 Å². The quantitative estimate of drug-likeness (QED) is 0.837. The summed E-state index contributed by atoms with van der Waals surface area (Å²) < 4.78 is 5.44. The van der Waals surface area contributed by atoms with Crippen LogP contribution in [0.25, 0.3) is 0 Å². The number of hydrogen-bond donors (Lipinski definition) is 0. The summed E-state index contributed by atoms with van der Waals surface area (Å²) in [5, 5.41) is 9.72. The third-order valence-corrected chi connectivity index (χ3v) is 3.74. The Hall–Kier alpha value is -1.24. The van der Waals surface area contributed by atoms with Gasteiger partial charge >= 0.3 is 0 Å². The summed E-state index contributed by atoms with van der Waals surface area (Å²) in [7, 11) is 5.55. The molecule has 1 aromatic carbocycles. The Kier molecular flexibility index (Phi) is 5.01. The van der Waals surface area contributed by atoms with Gasteiger partial charge in [-0.2, -0.15) is 5.26 Å². The average Bonchev–Trinajstić information content (AvgIpc) is 2.33. The maximum atomic E-state index is 8.97. The lowest BCUT2D eigenvalue weighted by molar-refractivity contribution is 0.291. The Labute approximate surface area is 114 Å². The fraction of sp³-hybridized carbons (Fsp3) is 0.500. The second-order valence-corrected chi connectivity index (χ2v) is 4.97. The molecule has 1 unspecified atom stereocenters. The van der Waals surface area contributed by atoms with Gasteiger partial charge in [-0.3, -0.25) is 0 Å². The fourth-order valence-electron chi connectivity index (χ4n) is 2.15. The molecular formula is C14H19ClN2O. The van der Waals surface area contributed by atoms with E-state index in [4.69, 9.17) is 21.6 Å². The molecule has 0 heterocycles. The summed E-state index contributed by atoms with van der Waals surface area (Å²) >= 11 is 6.30. The zero-order valence-electron chi connectivity index (χ0n) is 11.5. The smallest absolute Gasteiger partial charge is 0.124 e. The number of benzene rings is 1. The zero-order chi connectivity index (χ0) is 13.9. The van der Waals surface area contributed by atoms with E-state index < -0.39 is 0 Å². The molecule has 0 fully saturated rings. The summed E-state index contributed by atoms with van der Waals surface area (Å²) in [6.45, 7) is 3.93. The number of ether oxygens (including phenoxy) is 1. The number of aryl methyl sites for hydroxylation is 1. The normalized spacial score (nSPS) is 12.3. The van der Waals surface area contributed by atoms with Crippen LogP contribution in [-0.2, 0) is 0 Å². The Morgan fingerprint density at radius 3 is 2.50 bits per heavy atom. The van der Waals surface area contributed by atoms with E-state index in [0.717, 1.165) is 27.5 Å². The third kappa shape index (κ3) is 2.77. The van der Waals surface area contributed by atoms with Crippen molar-refractivity contribution in [1.82, 2.24) is 4.90 Å². The summed E-state index contributed by atoms with van der Waals surface area (Å²) in [4.78, 5) is 2.01. The standard InChI is InChI=1S/C14H19ClN2O/c1-9-8-12(18-5)13(10(2)14(9)15)11(6-7-16)17(3)4/h8,11H,6H2,1-5H3. The van der Waals surface area contributed by atoms with Crippen LogP contribution in [0.4, 0.5) is 0 Å². The third-order valence-electron chi connectivity index (χ3n) is 3.15. The molecular weight excluding hydrogens is 248 g/mol. The summed E-state index contributed by atoms with van der Waals surface area (Å²) in [6, 6.07) is 4.14. The Bertz CT molecular complexity index is 478. The van der Waals surface area contributed by atoms with Crippen LogP contribution in [0.15, 0.2) is 6.07 Å². The molecule has 0 saturated carbocycles. The molecule has 0 aliphatic rings. The lowest BCUT2D eigenvalue weighted by Gasteiger charge is -2.26. The number of rotatable bonds is 4. The lowest BCUT2D eigenvalue weighted by atomic mass is 9.95. The molecule has 4 heteroatoms. The second kappa shape index (κ2) is 6.08. The van der Waals surface area contributed by atoms with Gasteiger partial charge in [-0.15, -0.1) is 0 Å². The predicted molar refractivity (Wildman–Crippen MR) is 74.1 cm³/mol. The molecule has 3 nitrogen and oxygen atoms in total. The van der Waals surface area contributed by atoms with Gasteiger partial charge < -0.3 is 9.64 Å². The Balaban J connectivity index is 3.46. The molecule has 0 aromatic heterocycles. The highest BCUT2D eigenvalue weighted by molar-refractivity contribution is 6.32. The molecule has 0 aliphatic heterocycles. The topological polar surface area (TPSA) is 36.3 Å². The van der Waals surface area contributed by atoms with E-state index in [2.05, 4.69) is 6.07 Å². The van der Waals surface area contributed by atoms with Crippen LogP contribution >= 0.6 is 11.6 Å². The van der Waals surface area contributed by atoms with Gasteiger partial charge in [-0.25, -0.2) is 0 Å². The highest BCUT2D eigenvalue weighted by Gasteiger charge is 2.23. The van der Waals surface area contributed by atoms with Gasteiger partial charge in [0, 0.05) is 10.6 Å². The van der Waals surface area contributed by atoms with Gasteiger partial charge in [0.15, 0.2) is 0 Å². The number of methoxy groups -OCH3 is 1. The predicted octanol–water partition coefficient (Wildman–Crippen LogP) is 3.48. The van der Waals surface area contributed by atoms with Crippen molar-refractivity contribution in [1.29, 1.82) is 5.26 Å². The van der Waals surface area contributed by atoms with Gasteiger partial charge in [0.25, 0.3) is 0 Å². The highest BCUT2D eigenvalue weighted by atomic mass is 35.5. The molecule has 0 saturated heterocycles. The van der Waals surface area contributed by atoms with Crippen LogP contribution in [0.2, 0.25) is 5.02 Å². The van der Waals surface area contributed by atoms with Gasteiger partial charge in [-0.1, -0.05) is 11.6 Å². The van der Waals surface area contributed by atoms with Crippen molar-refractivity contribution in [3.8, 4) is 11.8 Å². The number of hydrogen-bond acceptors (Lipinski definition) is 3. The number of nitriles is 1. The summed E-state index contributed by atoms with van der Waals surface area (Å²) in [5.41, 5.74) is 2.98. The number of halogens is 1. The van der Waals surface area contributed by atoms with E-state index in [1.165, 1.54) is 0 Å². The van der Waals surface area contributed by atoms with E-state index in [0.29, 0.717) is 6.42 Å². The molecule has 1 rings (SSSR count). The highest BCUT2D eigenvalue weighted by Crippen LogP contribution is 2.38. The van der Waals surface area contributed by atoms with Crippen LogP contribution in [-0.4, -0.2) is 26.1 Å². The van der Waals surface area contributed by atoms with Crippen molar-refractivity contribution in [3.05, 3.63) is 27.8 Å². The average molecular weight is 267 g/mol. The molecule has 1 aromatic rings. The molecule has 0 aliphatic carbocycles. The van der Waals surface area contributed by atoms with Crippen molar-refractivity contribution in [3.63, 3.8) is 0 Å². The van der Waals surface area contributed by atoms with E-state index >= 15 is 0 Å². The maximum Gasteiger partial charge on any atom is 0.124 e. The Morgan fingerprint density at radius 2 is 2.06 bits per heavy atom. The van der Waals surface area contributed by atoms with Crippen LogP contribution < -0.4 is 4.74 Å². The van der Waals surface area contributed by atoms with E-state index in [1.54, 1.807) is 7.11 Å². The van der Waals surface area contributed by atoms with Crippen LogP contribution in [0.5, 0.6) is 5.75 Å². The molecule has 0 N–H and O–H groups in total. The maximum absolute atomic E-state index is 8.97. The SMILES string of the molecule is COc1cc(C)c(Cl)c(C)c1C(CC#N)N(C)C. The molecule has 0 spiro atoms. The molecule has 0 amide bonds. The Morgan fingerprint density at radius 1 is 1.44 bits per heavy atom. The van der Waals surface area contributed by atoms with Crippen LogP contribution in [0.1, 0.15) is 29.2 Å². The van der Waals surface area contributed by atoms with Crippen molar-refractivity contribution in [2.24, 2.45) is 0 Å². The monoisotopic (exact) mass is 266 g/mol. The minimum Gasteiger partial charge on any atom is -0.496 e. The fourth-order valence-corrected chi connectivity index (χ4v) is 2.31. The van der Waals surface area contributed by atoms with Crippen molar-refractivity contribution < 1.29 is 4.74 Å². The summed E-state index contributed by atoms with van der Waals surface area (Å²) in [6.07, 6.45) is 0.406. The zero-order valence-corrected chi connectivity index (χ0v) is 12.3. The largest absolute Gasteiger partial charge is 0.496 e. The second-order valence-electron chi connectivity index (χ2n) is 4.59. The van der Waals surface area contributed by atoms with Gasteiger partial charge in [-0.05, 0) is 45.1 Å². The van der Waals surface area contributed by atoms with Gasteiger partial charge in [0.05, 0.1) is 25.6 Å². The van der Waals surface area contributed by atoms with Crippen molar-refractivity contribution in [2.75, 3.05) is 21.2 Å². The van der Waals surface area contributed by atoms with Gasteiger partial charge in [0.2, 0.25) is 0 Å². The number of nitrogens with zero attached hydrogens (tertiary/aromatic N) is 2. The molecule has 1 atom stereocenters. The summed E-state index contributed by atoms with van der Waals surface area (Å²) in [5.74, 6) is 0.795. The molecule has 0 bridgehead atoms. The molecule has 98 valence electrons. The molecule has 18 heavy (non-hydrogen) atoms.